The molecule has 5 nitrogen and oxygen atoms in total. The van der Waals surface area contributed by atoms with Gasteiger partial charge in [-0.25, -0.2) is 0 Å². The smallest absolute Gasteiger partial charge is 0.221 e. The highest BCUT2D eigenvalue weighted by molar-refractivity contribution is 7.36. The highest BCUT2D eigenvalue weighted by Gasteiger charge is 2.16. The largest absolute Gasteiger partial charge is 0.497 e. The van der Waals surface area contributed by atoms with Crippen LogP contribution >= 0.6 is 8.01 Å². The molecular weight excluding hydrogens is 471 g/mol. The summed E-state index contributed by atoms with van der Waals surface area (Å²) in [7, 11) is 3.70. The maximum atomic E-state index is 6.66. The van der Waals surface area contributed by atoms with Gasteiger partial charge in [-0.1, -0.05) is 42.5 Å². The first-order valence-corrected chi connectivity index (χ1v) is 13.1. The first kappa shape index (κ1) is 23.9. The zero-order chi connectivity index (χ0) is 25.2. The summed E-state index contributed by atoms with van der Waals surface area (Å²) in [5, 5.41) is 1.87. The Kier molecular flexibility index (Phi) is 6.67. The van der Waals surface area contributed by atoms with Gasteiger partial charge >= 0.3 is 0 Å². The molecule has 1 heterocycles. The molecule has 0 bridgehead atoms. The molecule has 0 fully saturated rings. The van der Waals surface area contributed by atoms with Crippen LogP contribution in [0.2, 0.25) is 0 Å². The molecule has 0 spiro atoms. The molecule has 4 aromatic carbocycles. The van der Waals surface area contributed by atoms with Gasteiger partial charge in [-0.05, 0) is 66.4 Å². The molecule has 5 aromatic rings. The van der Waals surface area contributed by atoms with Crippen molar-refractivity contribution in [1.82, 2.24) is 0 Å². The predicted molar refractivity (Wildman–Crippen MR) is 146 cm³/mol. The second-order valence-corrected chi connectivity index (χ2v) is 10.0. The molecule has 5 rings (SSSR count). The number of benzene rings is 4. The molecule has 0 saturated heterocycles. The molecule has 184 valence electrons. The van der Waals surface area contributed by atoms with Crippen molar-refractivity contribution in [2.24, 2.45) is 0 Å². The van der Waals surface area contributed by atoms with Gasteiger partial charge in [-0.15, -0.1) is 0 Å². The quantitative estimate of drug-likeness (QED) is 0.234. The highest BCUT2D eigenvalue weighted by atomic mass is 31.1. The number of fused-ring (bicyclic) bond motifs is 3. The monoisotopic (exact) mass is 500 g/mol. The minimum absolute atomic E-state index is 0.610. The fraction of sp³-hybridized carbons (Fsp3) is 0.200. The number of para-hydroxylation sites is 1. The van der Waals surface area contributed by atoms with Crippen LogP contribution in [0.4, 0.5) is 0 Å². The number of ether oxygens (including phenoxy) is 3. The molecule has 0 N–H and O–H groups in total. The Morgan fingerprint density at radius 2 is 1.17 bits per heavy atom. The van der Waals surface area contributed by atoms with Crippen LogP contribution in [0.25, 0.3) is 33.1 Å². The van der Waals surface area contributed by atoms with E-state index in [4.69, 9.17) is 22.6 Å². The molecule has 0 atom stereocenters. The third-order valence-electron chi connectivity index (χ3n) is 6.36. The summed E-state index contributed by atoms with van der Waals surface area (Å²) < 4.78 is 30.1. The molecule has 0 radical (unpaired) electrons. The van der Waals surface area contributed by atoms with Crippen LogP contribution in [0.1, 0.15) is 16.7 Å². The fourth-order valence-corrected chi connectivity index (χ4v) is 6.19. The summed E-state index contributed by atoms with van der Waals surface area (Å²) in [5.41, 5.74) is 6.88. The molecule has 0 saturated carbocycles. The summed E-state index contributed by atoms with van der Waals surface area (Å²) in [6.07, 6.45) is 0.610. The van der Waals surface area contributed by atoms with Crippen LogP contribution in [0.5, 0.6) is 17.2 Å². The number of rotatable bonds is 6. The van der Waals surface area contributed by atoms with Gasteiger partial charge in [0, 0.05) is 16.3 Å². The summed E-state index contributed by atoms with van der Waals surface area (Å²) in [4.78, 5) is 0. The second kappa shape index (κ2) is 10.0. The number of hydrogen-bond acceptors (Lipinski definition) is 5. The minimum Gasteiger partial charge on any atom is -0.497 e. The average molecular weight is 501 g/mol. The van der Waals surface area contributed by atoms with Gasteiger partial charge in [0.1, 0.15) is 28.4 Å². The first-order valence-electron chi connectivity index (χ1n) is 11.7. The zero-order valence-corrected chi connectivity index (χ0v) is 22.0. The van der Waals surface area contributed by atoms with Crippen LogP contribution in [0.3, 0.4) is 0 Å². The standard InChI is InChI=1S/C30H29O5P/c1-19-14-22(31-3)16-26-27-17-23(32-4)15-20(2)30(27)35-36(34-29(19)26)18-21-10-6-7-11-24(21)25-12-8-9-13-28(25)33-5/h6-17H,18H2,1-5H3. The van der Waals surface area contributed by atoms with Gasteiger partial charge in [0.25, 0.3) is 0 Å². The Morgan fingerprint density at radius 3 is 1.72 bits per heavy atom. The van der Waals surface area contributed by atoms with E-state index >= 15 is 0 Å². The van der Waals surface area contributed by atoms with Crippen LogP contribution in [0, 0.1) is 13.8 Å². The van der Waals surface area contributed by atoms with Crippen LogP contribution in [-0.4, -0.2) is 21.3 Å². The van der Waals surface area contributed by atoms with Gasteiger partial charge in [-0.2, -0.15) is 0 Å². The van der Waals surface area contributed by atoms with Gasteiger partial charge in [0.15, 0.2) is 0 Å². The summed E-state index contributed by atoms with van der Waals surface area (Å²) in [5.74, 6) is 2.38. The lowest BCUT2D eigenvalue weighted by Gasteiger charge is -2.12. The predicted octanol–water partition coefficient (Wildman–Crippen LogP) is 8.65. The van der Waals surface area contributed by atoms with Crippen molar-refractivity contribution in [3.8, 4) is 28.4 Å². The Morgan fingerprint density at radius 1 is 0.639 bits per heavy atom. The van der Waals surface area contributed by atoms with Crippen molar-refractivity contribution in [3.63, 3.8) is 0 Å². The maximum absolute atomic E-state index is 6.66. The Balaban J connectivity index is 1.77. The number of methoxy groups -OCH3 is 3. The lowest BCUT2D eigenvalue weighted by molar-refractivity contribution is 0.414. The van der Waals surface area contributed by atoms with Crippen LogP contribution in [0.15, 0.2) is 81.2 Å². The third kappa shape index (κ3) is 4.43. The van der Waals surface area contributed by atoms with E-state index in [0.29, 0.717) is 6.16 Å². The number of aryl methyl sites for hydroxylation is 2. The van der Waals surface area contributed by atoms with E-state index in [1.54, 1.807) is 21.3 Å². The van der Waals surface area contributed by atoms with Crippen LogP contribution in [-0.2, 0) is 6.16 Å². The molecule has 36 heavy (non-hydrogen) atoms. The third-order valence-corrected chi connectivity index (χ3v) is 7.73. The maximum Gasteiger partial charge on any atom is 0.221 e. The summed E-state index contributed by atoms with van der Waals surface area (Å²) in [6, 6.07) is 24.4. The molecule has 0 aliphatic carbocycles. The molecule has 0 aliphatic heterocycles. The highest BCUT2D eigenvalue weighted by Crippen LogP contribution is 2.43. The van der Waals surface area contributed by atoms with Gasteiger partial charge in [-0.3, -0.25) is 0 Å². The Bertz CT molecular complexity index is 1530. The minimum atomic E-state index is -1.35. The second-order valence-electron chi connectivity index (χ2n) is 8.67. The van der Waals surface area contributed by atoms with Crippen molar-refractivity contribution < 1.29 is 22.6 Å². The SMILES string of the molecule is COc1cc(C)c2op(Cc3ccccc3-c3ccccc3OC)oc3c(C)cc(OC)cc3c2c1. The Hall–Kier alpha value is -3.82. The average Bonchev–Trinajstić information content (AvgIpc) is 3.06. The molecule has 0 aliphatic rings. The van der Waals surface area contributed by atoms with Crippen molar-refractivity contribution in [2.75, 3.05) is 21.3 Å². The normalized spacial score (nSPS) is 11.0. The first-order chi connectivity index (χ1) is 17.5. The van der Waals surface area contributed by atoms with Gasteiger partial charge in [0.05, 0.1) is 27.5 Å². The molecule has 0 unspecified atom stereocenters. The topological polar surface area (TPSA) is 54.0 Å². The van der Waals surface area contributed by atoms with E-state index in [1.807, 2.05) is 62.4 Å². The molecular formula is C30H29O5P. The van der Waals surface area contributed by atoms with E-state index < -0.39 is 8.01 Å². The summed E-state index contributed by atoms with van der Waals surface area (Å²) >= 11 is 0. The van der Waals surface area contributed by atoms with E-state index in [9.17, 15) is 0 Å². The lowest BCUT2D eigenvalue weighted by Crippen LogP contribution is -1.91. The lowest BCUT2D eigenvalue weighted by atomic mass is 10.00. The van der Waals surface area contributed by atoms with Gasteiger partial charge in [0.2, 0.25) is 8.01 Å². The van der Waals surface area contributed by atoms with E-state index in [2.05, 4.69) is 24.3 Å². The van der Waals surface area contributed by atoms with Crippen molar-refractivity contribution >= 4 is 30.0 Å². The Labute approximate surface area is 211 Å². The number of hydrogen-bond donors (Lipinski definition) is 0. The van der Waals surface area contributed by atoms with E-state index in [1.165, 1.54) is 0 Å². The fourth-order valence-electron chi connectivity index (χ4n) is 4.57. The van der Waals surface area contributed by atoms with E-state index in [-0.39, 0.29) is 0 Å². The molecule has 0 amide bonds. The molecule has 6 heteroatoms. The van der Waals surface area contributed by atoms with Crippen molar-refractivity contribution in [1.29, 1.82) is 0 Å². The van der Waals surface area contributed by atoms with Crippen LogP contribution < -0.4 is 14.2 Å². The summed E-state index contributed by atoms with van der Waals surface area (Å²) in [6.45, 7) is 4.07. The van der Waals surface area contributed by atoms with Gasteiger partial charge < -0.3 is 22.6 Å². The zero-order valence-electron chi connectivity index (χ0n) is 21.1. The molecule has 1 aromatic heterocycles. The van der Waals surface area contributed by atoms with Crippen molar-refractivity contribution in [3.05, 3.63) is 89.5 Å². The van der Waals surface area contributed by atoms with Crippen molar-refractivity contribution in [2.45, 2.75) is 20.0 Å². The van der Waals surface area contributed by atoms with E-state index in [0.717, 1.165) is 67.0 Å².